The maximum Gasteiger partial charge on any atom is 0.0992 e. The van der Waals surface area contributed by atoms with Crippen molar-refractivity contribution >= 4 is 0 Å². The molecule has 1 aliphatic carbocycles. The summed E-state index contributed by atoms with van der Waals surface area (Å²) in [6.07, 6.45) is 6.52. The quantitative estimate of drug-likeness (QED) is 0.851. The predicted octanol–water partition coefficient (Wildman–Crippen LogP) is 3.45. The third kappa shape index (κ3) is 3.80. The smallest absolute Gasteiger partial charge is 0.0992 e. The van der Waals surface area contributed by atoms with E-state index in [0.29, 0.717) is 12.6 Å². The molecule has 106 valence electrons. The minimum absolute atomic E-state index is 0.578. The van der Waals surface area contributed by atoms with E-state index in [0.717, 1.165) is 11.5 Å². The summed E-state index contributed by atoms with van der Waals surface area (Å²) in [6, 6.07) is 10.5. The zero-order chi connectivity index (χ0) is 13.7. The van der Waals surface area contributed by atoms with Crippen LogP contribution in [-0.2, 0) is 5.60 Å². The van der Waals surface area contributed by atoms with E-state index in [1.165, 1.54) is 32.1 Å². The Morgan fingerprint density at radius 1 is 1.21 bits per heavy atom. The van der Waals surface area contributed by atoms with Crippen LogP contribution in [0.1, 0.15) is 51.5 Å². The van der Waals surface area contributed by atoms with Crippen molar-refractivity contribution in [2.45, 2.75) is 57.6 Å². The molecule has 0 saturated heterocycles. The molecule has 2 nitrogen and oxygen atoms in total. The highest BCUT2D eigenvalue weighted by atomic mass is 16.3. The van der Waals surface area contributed by atoms with Gasteiger partial charge in [-0.25, -0.2) is 0 Å². The van der Waals surface area contributed by atoms with Gasteiger partial charge in [-0.2, -0.15) is 0 Å². The molecular weight excluding hydrogens is 234 g/mol. The highest BCUT2D eigenvalue weighted by Gasteiger charge is 2.28. The molecule has 1 saturated carbocycles. The summed E-state index contributed by atoms with van der Waals surface area (Å²) in [5, 5.41) is 14.2. The molecule has 1 fully saturated rings. The second-order valence-corrected chi connectivity index (χ2v) is 6.08. The van der Waals surface area contributed by atoms with Crippen molar-refractivity contribution in [2.75, 3.05) is 6.54 Å². The second-order valence-electron chi connectivity index (χ2n) is 6.08. The van der Waals surface area contributed by atoms with Gasteiger partial charge in [0.2, 0.25) is 0 Å². The van der Waals surface area contributed by atoms with Gasteiger partial charge in [-0.1, -0.05) is 56.5 Å². The monoisotopic (exact) mass is 261 g/mol. The SMILES string of the molecule is CCC1CCCCC1NCC(C)(O)c1ccccc1. The third-order valence-corrected chi connectivity index (χ3v) is 4.54. The first-order valence-electron chi connectivity index (χ1n) is 7.65. The van der Waals surface area contributed by atoms with Gasteiger partial charge in [0, 0.05) is 12.6 Å². The number of nitrogens with one attached hydrogen (secondary N) is 1. The van der Waals surface area contributed by atoms with Gasteiger partial charge in [-0.05, 0) is 31.2 Å². The molecule has 0 aromatic heterocycles. The van der Waals surface area contributed by atoms with Crippen LogP contribution in [0.2, 0.25) is 0 Å². The molecule has 1 aliphatic rings. The molecule has 0 radical (unpaired) electrons. The van der Waals surface area contributed by atoms with Crippen LogP contribution in [0.25, 0.3) is 0 Å². The van der Waals surface area contributed by atoms with E-state index in [9.17, 15) is 5.11 Å². The van der Waals surface area contributed by atoms with Gasteiger partial charge in [0.05, 0.1) is 5.60 Å². The van der Waals surface area contributed by atoms with Crippen molar-refractivity contribution in [3.8, 4) is 0 Å². The molecule has 0 aliphatic heterocycles. The van der Waals surface area contributed by atoms with Crippen LogP contribution in [-0.4, -0.2) is 17.7 Å². The van der Waals surface area contributed by atoms with Crippen molar-refractivity contribution in [3.05, 3.63) is 35.9 Å². The molecule has 3 unspecified atom stereocenters. The summed E-state index contributed by atoms with van der Waals surface area (Å²) in [5.41, 5.74) is 0.211. The Hall–Kier alpha value is -0.860. The zero-order valence-corrected chi connectivity index (χ0v) is 12.2. The van der Waals surface area contributed by atoms with Gasteiger partial charge < -0.3 is 10.4 Å². The molecule has 0 bridgehead atoms. The van der Waals surface area contributed by atoms with Gasteiger partial charge >= 0.3 is 0 Å². The van der Waals surface area contributed by atoms with Crippen LogP contribution >= 0.6 is 0 Å². The third-order valence-electron chi connectivity index (χ3n) is 4.54. The zero-order valence-electron chi connectivity index (χ0n) is 12.2. The van der Waals surface area contributed by atoms with E-state index in [-0.39, 0.29) is 0 Å². The van der Waals surface area contributed by atoms with E-state index in [4.69, 9.17) is 0 Å². The molecule has 1 aromatic carbocycles. The van der Waals surface area contributed by atoms with E-state index in [1.807, 2.05) is 37.3 Å². The molecule has 2 rings (SSSR count). The van der Waals surface area contributed by atoms with E-state index in [1.54, 1.807) is 0 Å². The Balaban J connectivity index is 1.93. The molecule has 3 atom stereocenters. The number of benzene rings is 1. The lowest BCUT2D eigenvalue weighted by atomic mass is 9.82. The normalized spacial score (nSPS) is 26.9. The van der Waals surface area contributed by atoms with Crippen LogP contribution < -0.4 is 5.32 Å². The Kier molecular flexibility index (Phi) is 5.00. The van der Waals surface area contributed by atoms with E-state index < -0.39 is 5.60 Å². The molecule has 0 amide bonds. The Labute approximate surface area is 117 Å². The largest absolute Gasteiger partial charge is 0.384 e. The fourth-order valence-electron chi connectivity index (χ4n) is 3.19. The van der Waals surface area contributed by atoms with Crippen molar-refractivity contribution in [1.29, 1.82) is 0 Å². The van der Waals surface area contributed by atoms with Crippen LogP contribution in [0, 0.1) is 5.92 Å². The van der Waals surface area contributed by atoms with Crippen molar-refractivity contribution < 1.29 is 5.11 Å². The van der Waals surface area contributed by atoms with Crippen LogP contribution in [0.15, 0.2) is 30.3 Å². The predicted molar refractivity (Wildman–Crippen MR) is 80.1 cm³/mol. The van der Waals surface area contributed by atoms with Crippen molar-refractivity contribution in [3.63, 3.8) is 0 Å². The Morgan fingerprint density at radius 2 is 1.89 bits per heavy atom. The lowest BCUT2D eigenvalue weighted by molar-refractivity contribution is 0.0486. The average molecular weight is 261 g/mol. The summed E-state index contributed by atoms with van der Waals surface area (Å²) in [6.45, 7) is 4.82. The number of rotatable bonds is 5. The lowest BCUT2D eigenvalue weighted by Crippen LogP contribution is -2.45. The highest BCUT2D eigenvalue weighted by molar-refractivity contribution is 5.21. The molecule has 2 N–H and O–H groups in total. The topological polar surface area (TPSA) is 32.3 Å². The number of hydrogen-bond donors (Lipinski definition) is 2. The molecule has 0 heterocycles. The fourth-order valence-corrected chi connectivity index (χ4v) is 3.19. The average Bonchev–Trinajstić information content (AvgIpc) is 2.46. The Bertz CT molecular complexity index is 374. The molecule has 1 aromatic rings. The van der Waals surface area contributed by atoms with Crippen molar-refractivity contribution in [1.82, 2.24) is 5.32 Å². The molecule has 2 heteroatoms. The van der Waals surface area contributed by atoms with E-state index in [2.05, 4.69) is 12.2 Å². The van der Waals surface area contributed by atoms with Gasteiger partial charge in [0.15, 0.2) is 0 Å². The summed E-state index contributed by atoms with van der Waals surface area (Å²) < 4.78 is 0. The summed E-state index contributed by atoms with van der Waals surface area (Å²) in [7, 11) is 0. The summed E-state index contributed by atoms with van der Waals surface area (Å²) in [4.78, 5) is 0. The van der Waals surface area contributed by atoms with Gasteiger partial charge in [0.25, 0.3) is 0 Å². The Morgan fingerprint density at radius 3 is 2.58 bits per heavy atom. The highest BCUT2D eigenvalue weighted by Crippen LogP contribution is 2.28. The first-order valence-corrected chi connectivity index (χ1v) is 7.65. The van der Waals surface area contributed by atoms with Crippen LogP contribution in [0.3, 0.4) is 0 Å². The summed E-state index contributed by atoms with van der Waals surface area (Å²) in [5.74, 6) is 0.778. The second kappa shape index (κ2) is 6.53. The molecule has 0 spiro atoms. The van der Waals surface area contributed by atoms with Crippen molar-refractivity contribution in [2.24, 2.45) is 5.92 Å². The minimum Gasteiger partial charge on any atom is -0.384 e. The first kappa shape index (κ1) is 14.5. The molecule has 19 heavy (non-hydrogen) atoms. The maximum absolute atomic E-state index is 10.6. The first-order chi connectivity index (χ1) is 9.13. The lowest BCUT2D eigenvalue weighted by Gasteiger charge is -2.34. The fraction of sp³-hybridized carbons (Fsp3) is 0.647. The van der Waals surface area contributed by atoms with E-state index >= 15 is 0 Å². The maximum atomic E-state index is 10.6. The summed E-state index contributed by atoms with van der Waals surface area (Å²) >= 11 is 0. The molecular formula is C17H27NO. The standard InChI is InChI=1S/C17H27NO/c1-3-14-9-7-8-12-16(14)18-13-17(2,19)15-10-5-4-6-11-15/h4-6,10-11,14,16,18-19H,3,7-9,12-13H2,1-2H3. The van der Waals surface area contributed by atoms with Gasteiger partial charge in [0.1, 0.15) is 0 Å². The minimum atomic E-state index is -0.781. The van der Waals surface area contributed by atoms with Gasteiger partial charge in [-0.3, -0.25) is 0 Å². The van der Waals surface area contributed by atoms with Crippen LogP contribution in [0.5, 0.6) is 0 Å². The van der Waals surface area contributed by atoms with Crippen LogP contribution in [0.4, 0.5) is 0 Å². The number of hydrogen-bond acceptors (Lipinski definition) is 2. The number of aliphatic hydroxyl groups is 1. The van der Waals surface area contributed by atoms with Gasteiger partial charge in [-0.15, -0.1) is 0 Å².